The summed E-state index contributed by atoms with van der Waals surface area (Å²) in [4.78, 5) is 12.3. The molecule has 0 atom stereocenters. The van der Waals surface area contributed by atoms with Crippen LogP contribution in [0.2, 0.25) is 0 Å². The topological polar surface area (TPSA) is 47.6 Å². The molecule has 1 aliphatic heterocycles. The molecule has 0 bridgehead atoms. The smallest absolute Gasteiger partial charge is 0.224 e. The molecule has 2 rings (SSSR count). The standard InChI is InChI=1S/C33H58N2O3/c1-3-4-5-6-7-8-9-10-11-12-13-14-15-16-17-18-27-38-32-21-19-31(20-22-32)30-33(36)34-23-24-35(2)25-28-37-29-26-35/h19-22H,3-18,23-30H2,1-2H3/p+1. The number of benzene rings is 1. The van der Waals surface area contributed by atoms with E-state index in [1.165, 1.54) is 96.3 Å². The Bertz CT molecular complexity index is 701. The van der Waals surface area contributed by atoms with Crippen molar-refractivity contribution in [1.29, 1.82) is 0 Å². The van der Waals surface area contributed by atoms with Gasteiger partial charge in [-0.05, 0) is 24.1 Å². The van der Waals surface area contributed by atoms with E-state index < -0.39 is 0 Å². The van der Waals surface area contributed by atoms with E-state index in [9.17, 15) is 4.79 Å². The fourth-order valence-electron chi connectivity index (χ4n) is 5.26. The van der Waals surface area contributed by atoms with Gasteiger partial charge in [0.25, 0.3) is 0 Å². The van der Waals surface area contributed by atoms with Crippen LogP contribution in [0.1, 0.15) is 115 Å². The Balaban J connectivity index is 1.38. The molecule has 5 heteroatoms. The maximum absolute atomic E-state index is 12.3. The van der Waals surface area contributed by atoms with Crippen molar-refractivity contribution in [3.63, 3.8) is 0 Å². The second-order valence-electron chi connectivity index (χ2n) is 11.7. The molecule has 1 aliphatic rings. The van der Waals surface area contributed by atoms with Crippen molar-refractivity contribution in [2.24, 2.45) is 0 Å². The number of ether oxygens (including phenoxy) is 2. The Labute approximate surface area is 234 Å². The summed E-state index contributed by atoms with van der Waals surface area (Å²) in [5.41, 5.74) is 1.03. The van der Waals surface area contributed by atoms with Gasteiger partial charge in [-0.25, -0.2) is 0 Å². The van der Waals surface area contributed by atoms with Gasteiger partial charge in [0.2, 0.25) is 5.91 Å². The molecule has 0 saturated carbocycles. The van der Waals surface area contributed by atoms with Gasteiger partial charge in [-0.1, -0.05) is 115 Å². The summed E-state index contributed by atoms with van der Waals surface area (Å²) >= 11 is 0. The van der Waals surface area contributed by atoms with Gasteiger partial charge in [-0.3, -0.25) is 4.79 Å². The van der Waals surface area contributed by atoms with Crippen LogP contribution in [0.3, 0.4) is 0 Å². The molecule has 0 spiro atoms. The number of likely N-dealkylation sites (N-methyl/N-ethyl adjacent to an activating group) is 1. The lowest BCUT2D eigenvalue weighted by Crippen LogP contribution is -2.54. The van der Waals surface area contributed by atoms with E-state index in [1.54, 1.807) is 0 Å². The summed E-state index contributed by atoms with van der Waals surface area (Å²) in [6.07, 6.45) is 22.6. The molecule has 218 valence electrons. The number of nitrogens with one attached hydrogen (secondary N) is 1. The largest absolute Gasteiger partial charge is 0.494 e. The first kappa shape index (κ1) is 32.6. The SMILES string of the molecule is CCCCCCCCCCCCCCCCCCOc1ccc(CC(=O)NCC[N+]2(C)CCOCC2)cc1. The Hall–Kier alpha value is -1.59. The summed E-state index contributed by atoms with van der Waals surface area (Å²) in [5.74, 6) is 0.992. The first-order valence-corrected chi connectivity index (χ1v) is 16.0. The van der Waals surface area contributed by atoms with Gasteiger partial charge in [0.15, 0.2) is 0 Å². The van der Waals surface area contributed by atoms with E-state index in [-0.39, 0.29) is 5.91 Å². The number of amides is 1. The number of quaternary nitrogens is 1. The van der Waals surface area contributed by atoms with Gasteiger partial charge in [0, 0.05) is 0 Å². The minimum Gasteiger partial charge on any atom is -0.494 e. The molecule has 1 aromatic carbocycles. The van der Waals surface area contributed by atoms with Crippen LogP contribution in [0, 0.1) is 0 Å². The van der Waals surface area contributed by atoms with Crippen molar-refractivity contribution in [2.45, 2.75) is 116 Å². The third-order valence-electron chi connectivity index (χ3n) is 8.08. The third kappa shape index (κ3) is 16.4. The lowest BCUT2D eigenvalue weighted by Gasteiger charge is -2.37. The van der Waals surface area contributed by atoms with E-state index in [2.05, 4.69) is 19.3 Å². The summed E-state index contributed by atoms with van der Waals surface area (Å²) in [6, 6.07) is 8.01. The molecule has 1 N–H and O–H groups in total. The lowest BCUT2D eigenvalue weighted by molar-refractivity contribution is -0.915. The summed E-state index contributed by atoms with van der Waals surface area (Å²) in [6.45, 7) is 8.43. The lowest BCUT2D eigenvalue weighted by atomic mass is 10.0. The maximum atomic E-state index is 12.3. The predicted molar refractivity (Wildman–Crippen MR) is 160 cm³/mol. The molecular formula is C33H59N2O3+. The van der Waals surface area contributed by atoms with Gasteiger partial charge in [-0.15, -0.1) is 0 Å². The van der Waals surface area contributed by atoms with Crippen LogP contribution in [0.5, 0.6) is 5.75 Å². The predicted octanol–water partition coefficient (Wildman–Crippen LogP) is 7.46. The number of unbranched alkanes of at least 4 members (excludes halogenated alkanes) is 15. The molecule has 1 amide bonds. The zero-order chi connectivity index (χ0) is 27.2. The number of nitrogens with zero attached hydrogens (tertiary/aromatic N) is 1. The van der Waals surface area contributed by atoms with E-state index in [0.29, 0.717) is 6.42 Å². The van der Waals surface area contributed by atoms with Crippen LogP contribution >= 0.6 is 0 Å². The molecule has 5 nitrogen and oxygen atoms in total. The zero-order valence-corrected chi connectivity index (χ0v) is 25.0. The summed E-state index contributed by atoms with van der Waals surface area (Å²) in [7, 11) is 2.24. The highest BCUT2D eigenvalue weighted by molar-refractivity contribution is 5.78. The number of hydrogen-bond acceptors (Lipinski definition) is 3. The zero-order valence-electron chi connectivity index (χ0n) is 25.0. The van der Waals surface area contributed by atoms with Crippen molar-refractivity contribution in [1.82, 2.24) is 5.32 Å². The molecule has 1 saturated heterocycles. The maximum Gasteiger partial charge on any atom is 0.224 e. The van der Waals surface area contributed by atoms with E-state index >= 15 is 0 Å². The minimum atomic E-state index is 0.0895. The van der Waals surface area contributed by atoms with Crippen LogP contribution in [-0.4, -0.2) is 63.4 Å². The number of hydrogen-bond donors (Lipinski definition) is 1. The highest BCUT2D eigenvalue weighted by Gasteiger charge is 2.24. The normalized spacial score (nSPS) is 14.9. The van der Waals surface area contributed by atoms with Gasteiger partial charge in [-0.2, -0.15) is 0 Å². The average molecular weight is 532 g/mol. The summed E-state index contributed by atoms with van der Waals surface area (Å²) < 4.78 is 12.3. The van der Waals surface area contributed by atoms with Crippen LogP contribution in [0.15, 0.2) is 24.3 Å². The van der Waals surface area contributed by atoms with Gasteiger partial charge < -0.3 is 19.3 Å². The van der Waals surface area contributed by atoms with E-state index in [4.69, 9.17) is 9.47 Å². The monoisotopic (exact) mass is 531 g/mol. The van der Waals surface area contributed by atoms with Crippen LogP contribution in [0.4, 0.5) is 0 Å². The fraction of sp³-hybridized carbons (Fsp3) is 0.788. The van der Waals surface area contributed by atoms with Crippen molar-refractivity contribution in [3.8, 4) is 5.75 Å². The minimum absolute atomic E-state index is 0.0895. The molecule has 1 heterocycles. The first-order chi connectivity index (χ1) is 18.6. The molecule has 1 fully saturated rings. The van der Waals surface area contributed by atoms with E-state index in [0.717, 1.165) is 68.2 Å². The molecule has 38 heavy (non-hydrogen) atoms. The quantitative estimate of drug-likeness (QED) is 0.118. The Morgan fingerprint density at radius 3 is 1.82 bits per heavy atom. The Morgan fingerprint density at radius 2 is 1.29 bits per heavy atom. The Kier molecular flexibility index (Phi) is 18.2. The average Bonchev–Trinajstić information content (AvgIpc) is 2.91. The number of carbonyl (C=O) groups is 1. The van der Waals surface area contributed by atoms with Crippen LogP contribution < -0.4 is 10.1 Å². The molecule has 0 radical (unpaired) electrons. The van der Waals surface area contributed by atoms with Crippen molar-refractivity contribution in [2.75, 3.05) is 53.0 Å². The van der Waals surface area contributed by atoms with Crippen molar-refractivity contribution in [3.05, 3.63) is 29.8 Å². The number of morpholine rings is 1. The molecule has 0 aliphatic carbocycles. The van der Waals surface area contributed by atoms with Gasteiger partial charge in [0.05, 0.1) is 46.4 Å². The highest BCUT2D eigenvalue weighted by Crippen LogP contribution is 2.16. The second kappa shape index (κ2) is 21.3. The highest BCUT2D eigenvalue weighted by atomic mass is 16.5. The molecule has 0 unspecified atom stereocenters. The van der Waals surface area contributed by atoms with Gasteiger partial charge in [0.1, 0.15) is 18.8 Å². The van der Waals surface area contributed by atoms with Crippen LogP contribution in [0.25, 0.3) is 0 Å². The second-order valence-corrected chi connectivity index (χ2v) is 11.7. The van der Waals surface area contributed by atoms with Gasteiger partial charge >= 0.3 is 0 Å². The molecular weight excluding hydrogens is 472 g/mol. The van der Waals surface area contributed by atoms with Crippen molar-refractivity contribution < 1.29 is 18.8 Å². The third-order valence-corrected chi connectivity index (χ3v) is 8.08. The molecule has 1 aromatic rings. The first-order valence-electron chi connectivity index (χ1n) is 16.0. The van der Waals surface area contributed by atoms with Crippen molar-refractivity contribution >= 4 is 5.91 Å². The fourth-order valence-corrected chi connectivity index (χ4v) is 5.26. The number of carbonyl (C=O) groups excluding carboxylic acids is 1. The summed E-state index contributed by atoms with van der Waals surface area (Å²) in [5, 5.41) is 3.08. The molecule has 0 aromatic heterocycles. The van der Waals surface area contributed by atoms with E-state index in [1.807, 2.05) is 24.3 Å². The number of rotatable bonds is 23. The Morgan fingerprint density at radius 1 is 0.789 bits per heavy atom. The van der Waals surface area contributed by atoms with Crippen LogP contribution in [-0.2, 0) is 16.0 Å².